The van der Waals surface area contributed by atoms with E-state index in [1.54, 1.807) is 23.8 Å². The zero-order valence-electron chi connectivity index (χ0n) is 14.4. The first-order chi connectivity index (χ1) is 12.4. The number of hydrogen-bond acceptors (Lipinski definition) is 5. The molecule has 140 valence electrons. The summed E-state index contributed by atoms with van der Waals surface area (Å²) in [5, 5.41) is 22.4. The van der Waals surface area contributed by atoms with Crippen molar-refractivity contribution in [2.75, 3.05) is 0 Å². The number of urea groups is 1. The molecule has 1 heterocycles. The van der Waals surface area contributed by atoms with Crippen LogP contribution in [0.3, 0.4) is 0 Å². The monoisotopic (exact) mass is 380 g/mol. The van der Waals surface area contributed by atoms with E-state index in [2.05, 4.69) is 20.9 Å². The second-order valence-corrected chi connectivity index (χ2v) is 6.50. The molecule has 26 heavy (non-hydrogen) atoms. The Hall–Kier alpha value is -2.65. The Morgan fingerprint density at radius 3 is 2.69 bits per heavy atom. The molecule has 10 heteroatoms. The summed E-state index contributed by atoms with van der Waals surface area (Å²) in [5.74, 6) is -0.508. The smallest absolute Gasteiger partial charge is 0.315 e. The van der Waals surface area contributed by atoms with Gasteiger partial charge in [-0.15, -0.1) is 5.10 Å². The molecule has 0 unspecified atom stereocenters. The van der Waals surface area contributed by atoms with Crippen molar-refractivity contribution in [2.24, 2.45) is 5.92 Å². The van der Waals surface area contributed by atoms with Gasteiger partial charge in [0.2, 0.25) is 0 Å². The highest BCUT2D eigenvalue weighted by atomic mass is 35.5. The van der Waals surface area contributed by atoms with E-state index in [0.29, 0.717) is 22.8 Å². The van der Waals surface area contributed by atoms with Crippen molar-refractivity contribution >= 4 is 23.5 Å². The molecule has 2 aromatic rings. The molecule has 2 rings (SSSR count). The van der Waals surface area contributed by atoms with Crippen LogP contribution in [0.2, 0.25) is 5.02 Å². The molecular formula is C16H21ClN6O3. The third-order valence-electron chi connectivity index (χ3n) is 3.51. The normalized spacial score (nSPS) is 11.9. The Labute approximate surface area is 155 Å². The van der Waals surface area contributed by atoms with Crippen LogP contribution in [0.15, 0.2) is 30.5 Å². The van der Waals surface area contributed by atoms with Crippen LogP contribution in [0.5, 0.6) is 0 Å². The van der Waals surface area contributed by atoms with Gasteiger partial charge < -0.3 is 10.6 Å². The lowest BCUT2D eigenvalue weighted by molar-refractivity contribution is -0.131. The van der Waals surface area contributed by atoms with Crippen LogP contribution < -0.4 is 16.1 Å². The maximum Gasteiger partial charge on any atom is 0.315 e. The molecule has 0 bridgehead atoms. The van der Waals surface area contributed by atoms with Gasteiger partial charge in [0.1, 0.15) is 11.7 Å². The van der Waals surface area contributed by atoms with E-state index in [1.165, 1.54) is 4.68 Å². The van der Waals surface area contributed by atoms with Crippen molar-refractivity contribution < 1.29 is 14.8 Å². The Morgan fingerprint density at radius 1 is 1.31 bits per heavy atom. The maximum atomic E-state index is 12.0. The molecule has 9 nitrogen and oxygen atoms in total. The van der Waals surface area contributed by atoms with Crippen LogP contribution >= 0.6 is 11.6 Å². The molecule has 3 amide bonds. The van der Waals surface area contributed by atoms with E-state index >= 15 is 0 Å². The average Bonchev–Trinajstić information content (AvgIpc) is 3.07. The number of nitrogens with zero attached hydrogens (tertiary/aromatic N) is 3. The van der Waals surface area contributed by atoms with Gasteiger partial charge in [0.15, 0.2) is 0 Å². The number of hydrogen-bond donors (Lipinski definition) is 4. The molecule has 0 radical (unpaired) electrons. The van der Waals surface area contributed by atoms with E-state index < -0.39 is 18.0 Å². The minimum absolute atomic E-state index is 0.116. The van der Waals surface area contributed by atoms with E-state index in [1.807, 2.05) is 26.0 Å². The summed E-state index contributed by atoms with van der Waals surface area (Å²) in [6.45, 7) is 3.93. The van der Waals surface area contributed by atoms with Crippen LogP contribution in [0.4, 0.5) is 4.79 Å². The van der Waals surface area contributed by atoms with Crippen LogP contribution in [-0.2, 0) is 11.3 Å². The largest absolute Gasteiger partial charge is 0.332 e. The summed E-state index contributed by atoms with van der Waals surface area (Å²) < 4.78 is 1.51. The van der Waals surface area contributed by atoms with Gasteiger partial charge in [-0.05, 0) is 24.5 Å². The molecule has 0 saturated carbocycles. The van der Waals surface area contributed by atoms with Gasteiger partial charge in [0.05, 0.1) is 23.5 Å². The third kappa shape index (κ3) is 5.43. The predicted octanol–water partition coefficient (Wildman–Crippen LogP) is 1.64. The van der Waals surface area contributed by atoms with Gasteiger partial charge in [-0.2, -0.15) is 0 Å². The fraction of sp³-hybridized carbons (Fsp3) is 0.375. The molecule has 0 aliphatic heterocycles. The first-order valence-corrected chi connectivity index (χ1v) is 8.43. The predicted molar refractivity (Wildman–Crippen MR) is 94.9 cm³/mol. The molecular weight excluding hydrogens is 360 g/mol. The first-order valence-electron chi connectivity index (χ1n) is 8.05. The van der Waals surface area contributed by atoms with Gasteiger partial charge in [-0.25, -0.2) is 15.0 Å². The van der Waals surface area contributed by atoms with E-state index in [9.17, 15) is 9.59 Å². The molecule has 1 aromatic carbocycles. The van der Waals surface area contributed by atoms with Crippen molar-refractivity contribution in [3.8, 4) is 5.69 Å². The number of nitrogens with one attached hydrogen (secondary N) is 3. The minimum atomic E-state index is -0.834. The maximum absolute atomic E-state index is 12.0. The SMILES string of the molecule is CC(C)C[C@H](NC(=O)NCc1cn(-c2ccccc2Cl)nn1)C(=O)NO. The second-order valence-electron chi connectivity index (χ2n) is 6.09. The lowest BCUT2D eigenvalue weighted by atomic mass is 10.0. The lowest BCUT2D eigenvalue weighted by Crippen LogP contribution is -2.49. The zero-order valence-corrected chi connectivity index (χ0v) is 15.2. The molecule has 0 fully saturated rings. The first kappa shape index (κ1) is 19.7. The van der Waals surface area contributed by atoms with Gasteiger partial charge in [-0.3, -0.25) is 10.0 Å². The van der Waals surface area contributed by atoms with Gasteiger partial charge >= 0.3 is 6.03 Å². The molecule has 1 atom stereocenters. The van der Waals surface area contributed by atoms with E-state index in [-0.39, 0.29) is 12.5 Å². The molecule has 0 spiro atoms. The lowest BCUT2D eigenvalue weighted by Gasteiger charge is -2.18. The molecule has 1 aromatic heterocycles. The number of para-hydroxylation sites is 1. The number of carbonyl (C=O) groups excluding carboxylic acids is 2. The number of halogens is 1. The highest BCUT2D eigenvalue weighted by Gasteiger charge is 2.21. The number of rotatable bonds is 7. The standard InChI is InChI=1S/C16H21ClN6O3/c1-10(2)7-13(15(24)21-26)19-16(25)18-8-11-9-23(22-20-11)14-6-4-3-5-12(14)17/h3-6,9-10,13,26H,7-8H2,1-2H3,(H,21,24)(H2,18,19,25)/t13-/m0/s1. The highest BCUT2D eigenvalue weighted by molar-refractivity contribution is 6.32. The van der Waals surface area contributed by atoms with Crippen molar-refractivity contribution in [1.82, 2.24) is 31.1 Å². The highest BCUT2D eigenvalue weighted by Crippen LogP contribution is 2.18. The molecule has 0 saturated heterocycles. The number of amides is 3. The topological polar surface area (TPSA) is 121 Å². The number of benzene rings is 1. The Morgan fingerprint density at radius 2 is 2.04 bits per heavy atom. The molecule has 0 aliphatic rings. The fourth-order valence-electron chi connectivity index (χ4n) is 2.30. The Kier molecular flexibility index (Phi) is 6.93. The number of carbonyl (C=O) groups is 2. The van der Waals surface area contributed by atoms with Crippen LogP contribution in [0, 0.1) is 5.92 Å². The second kappa shape index (κ2) is 9.16. The van der Waals surface area contributed by atoms with Gasteiger partial charge in [0, 0.05) is 0 Å². The summed E-state index contributed by atoms with van der Waals surface area (Å²) >= 11 is 6.11. The molecule has 4 N–H and O–H groups in total. The van der Waals surface area contributed by atoms with Crippen LogP contribution in [-0.4, -0.2) is 38.2 Å². The van der Waals surface area contributed by atoms with Crippen molar-refractivity contribution in [2.45, 2.75) is 32.9 Å². The number of aromatic nitrogens is 3. The van der Waals surface area contributed by atoms with Crippen LogP contribution in [0.1, 0.15) is 26.0 Å². The third-order valence-corrected chi connectivity index (χ3v) is 3.83. The number of hydroxylamine groups is 1. The van der Waals surface area contributed by atoms with Crippen molar-refractivity contribution in [3.05, 3.63) is 41.2 Å². The van der Waals surface area contributed by atoms with Crippen molar-refractivity contribution in [3.63, 3.8) is 0 Å². The zero-order chi connectivity index (χ0) is 19.1. The van der Waals surface area contributed by atoms with Crippen LogP contribution in [0.25, 0.3) is 5.69 Å². The van der Waals surface area contributed by atoms with Crippen molar-refractivity contribution in [1.29, 1.82) is 0 Å². The Balaban J connectivity index is 1.93. The summed E-state index contributed by atoms with van der Waals surface area (Å²) in [4.78, 5) is 23.6. The summed E-state index contributed by atoms with van der Waals surface area (Å²) in [5.41, 5.74) is 2.75. The average molecular weight is 381 g/mol. The van der Waals surface area contributed by atoms with E-state index in [0.717, 1.165) is 0 Å². The summed E-state index contributed by atoms with van der Waals surface area (Å²) in [7, 11) is 0. The quantitative estimate of drug-likeness (QED) is 0.429. The summed E-state index contributed by atoms with van der Waals surface area (Å²) in [6.07, 6.45) is 2.04. The Bertz CT molecular complexity index is 764. The fourth-order valence-corrected chi connectivity index (χ4v) is 2.52. The molecule has 0 aliphatic carbocycles. The minimum Gasteiger partial charge on any atom is -0.332 e. The van der Waals surface area contributed by atoms with Gasteiger partial charge in [0.25, 0.3) is 5.91 Å². The summed E-state index contributed by atoms with van der Waals surface area (Å²) in [6, 6.07) is 5.79. The van der Waals surface area contributed by atoms with E-state index in [4.69, 9.17) is 16.8 Å². The van der Waals surface area contributed by atoms with Gasteiger partial charge in [-0.1, -0.05) is 42.8 Å².